The molecule has 6 rings (SSSR count). The van der Waals surface area contributed by atoms with Crippen molar-refractivity contribution in [2.75, 3.05) is 0 Å². The van der Waals surface area contributed by atoms with Crippen LogP contribution in [0.5, 0.6) is 5.75 Å². The number of aromatic hydroxyl groups is 1. The van der Waals surface area contributed by atoms with Crippen LogP contribution in [-0.2, 0) is 10.8 Å². The molecule has 0 saturated carbocycles. The molecule has 0 spiro atoms. The summed E-state index contributed by atoms with van der Waals surface area (Å²) >= 11 is 0. The van der Waals surface area contributed by atoms with Crippen LogP contribution in [0.1, 0.15) is 134 Å². The van der Waals surface area contributed by atoms with Gasteiger partial charge < -0.3 is 9.52 Å². The summed E-state index contributed by atoms with van der Waals surface area (Å²) in [5.41, 5.74) is 14.9. The Bertz CT molecular complexity index is 2260. The van der Waals surface area contributed by atoms with E-state index in [1.165, 1.54) is 33.4 Å². The van der Waals surface area contributed by atoms with Gasteiger partial charge >= 0.3 is 0 Å². The topological polar surface area (TPSA) is 58.6 Å². The molecule has 0 amide bonds. The second kappa shape index (κ2) is 14.5. The lowest BCUT2D eigenvalue weighted by molar-refractivity contribution is 0.473. The van der Waals surface area contributed by atoms with E-state index in [0.717, 1.165) is 33.4 Å². The second-order valence-electron chi connectivity index (χ2n) is 17.6. The number of benzene rings is 5. The molecule has 53 heavy (non-hydrogen) atoms. The van der Waals surface area contributed by atoms with E-state index in [4.69, 9.17) is 14.4 Å². The van der Waals surface area contributed by atoms with Gasteiger partial charge in [0.05, 0.1) is 11.3 Å². The predicted molar refractivity (Wildman–Crippen MR) is 225 cm³/mol. The van der Waals surface area contributed by atoms with Gasteiger partial charge in [-0.1, -0.05) is 138 Å². The monoisotopic (exact) mass is 704 g/mol. The smallest absolute Gasteiger partial charge is 0.229 e. The fraction of sp³-hybridized carbons (Fsp3) is 0.347. The van der Waals surface area contributed by atoms with Gasteiger partial charge in [0.25, 0.3) is 0 Å². The van der Waals surface area contributed by atoms with Gasteiger partial charge in [0.2, 0.25) is 5.89 Å². The van der Waals surface area contributed by atoms with Crippen LogP contribution >= 0.6 is 0 Å². The number of nitrogens with zero attached hydrogens (tertiary/aromatic N) is 2. The lowest BCUT2D eigenvalue weighted by atomic mass is 9.81. The molecule has 0 fully saturated rings. The molecular formula is C49H56N2O2. The highest BCUT2D eigenvalue weighted by Gasteiger charge is 2.23. The van der Waals surface area contributed by atoms with Crippen LogP contribution in [0, 0.1) is 0 Å². The lowest BCUT2D eigenvalue weighted by Crippen LogP contribution is -2.11. The molecule has 4 nitrogen and oxygen atoms in total. The zero-order valence-electron chi connectivity index (χ0n) is 33.7. The molecule has 1 heterocycles. The van der Waals surface area contributed by atoms with Crippen LogP contribution in [0.15, 0.2) is 100 Å². The number of para-hydroxylation sites is 1. The first-order valence-electron chi connectivity index (χ1n) is 19.1. The summed E-state index contributed by atoms with van der Waals surface area (Å²) in [7, 11) is 0. The van der Waals surface area contributed by atoms with E-state index in [1.807, 2.05) is 36.4 Å². The van der Waals surface area contributed by atoms with Gasteiger partial charge in [-0.3, -0.25) is 4.99 Å². The fourth-order valence-corrected chi connectivity index (χ4v) is 6.93. The van der Waals surface area contributed by atoms with Crippen LogP contribution in [0.4, 0.5) is 5.69 Å². The van der Waals surface area contributed by atoms with E-state index in [2.05, 4.69) is 132 Å². The van der Waals surface area contributed by atoms with E-state index in [0.29, 0.717) is 34.9 Å². The van der Waals surface area contributed by atoms with E-state index < -0.39 is 0 Å². The number of hydrogen-bond acceptors (Lipinski definition) is 4. The van der Waals surface area contributed by atoms with E-state index in [1.54, 1.807) is 12.3 Å². The van der Waals surface area contributed by atoms with Crippen molar-refractivity contribution in [3.8, 4) is 39.5 Å². The molecule has 0 unspecified atom stereocenters. The Hall–Kier alpha value is -4.96. The van der Waals surface area contributed by atoms with Gasteiger partial charge in [-0.05, 0) is 109 Å². The third-order valence-corrected chi connectivity index (χ3v) is 10.3. The average Bonchev–Trinajstić information content (AvgIpc) is 3.54. The summed E-state index contributed by atoms with van der Waals surface area (Å²) in [6, 6.07) is 31.9. The standard InChI is InChI=1S/C49H56N2O2/c1-29(2)34-24-39(30(3)4)45(40(25-34)31(5)6)33-19-17-32(18-20-33)41-26-37(49(10,11)12)27-44-46(41)51-47(53-44)38-15-13-14-16-42(38)50-28-35-23-36(48(7,8)9)21-22-43(35)52/h13-31,52H,1-12H3. The minimum atomic E-state index is -0.0991. The number of phenolic OH excluding ortho intramolecular Hbond substituents is 1. The van der Waals surface area contributed by atoms with Crippen LogP contribution < -0.4 is 0 Å². The van der Waals surface area contributed by atoms with Crippen LogP contribution in [0.2, 0.25) is 0 Å². The van der Waals surface area contributed by atoms with Crippen LogP contribution in [-0.4, -0.2) is 16.3 Å². The highest BCUT2D eigenvalue weighted by Crippen LogP contribution is 2.42. The average molecular weight is 705 g/mol. The van der Waals surface area contributed by atoms with E-state index in [9.17, 15) is 5.11 Å². The summed E-state index contributed by atoms with van der Waals surface area (Å²) in [5, 5.41) is 10.7. The Morgan fingerprint density at radius 3 is 1.83 bits per heavy atom. The molecule has 0 saturated heterocycles. The third kappa shape index (κ3) is 7.88. The molecule has 5 aromatic carbocycles. The summed E-state index contributed by atoms with van der Waals surface area (Å²) in [4.78, 5) is 10.0. The Morgan fingerprint density at radius 2 is 1.25 bits per heavy atom. The maximum Gasteiger partial charge on any atom is 0.229 e. The van der Waals surface area contributed by atoms with Crippen LogP contribution in [0.3, 0.4) is 0 Å². The molecule has 0 atom stereocenters. The minimum absolute atomic E-state index is 0.0521. The number of oxazole rings is 1. The van der Waals surface area contributed by atoms with Gasteiger partial charge in [0.1, 0.15) is 11.3 Å². The maximum atomic E-state index is 10.7. The Kier molecular flexibility index (Phi) is 10.3. The first-order chi connectivity index (χ1) is 24.9. The second-order valence-corrected chi connectivity index (χ2v) is 17.6. The number of hydrogen-bond donors (Lipinski definition) is 1. The maximum absolute atomic E-state index is 10.7. The molecule has 1 N–H and O–H groups in total. The van der Waals surface area contributed by atoms with Gasteiger partial charge in [-0.25, -0.2) is 4.98 Å². The van der Waals surface area contributed by atoms with Crippen molar-refractivity contribution in [1.29, 1.82) is 0 Å². The lowest BCUT2D eigenvalue weighted by Gasteiger charge is -2.23. The van der Waals surface area contributed by atoms with Crippen molar-refractivity contribution in [3.05, 3.63) is 124 Å². The fourth-order valence-electron chi connectivity index (χ4n) is 6.93. The summed E-state index contributed by atoms with van der Waals surface area (Å²) in [6.45, 7) is 26.9. The number of phenols is 1. The van der Waals surface area contributed by atoms with Gasteiger partial charge in [-0.2, -0.15) is 0 Å². The molecule has 0 radical (unpaired) electrons. The number of rotatable bonds is 8. The molecule has 0 aliphatic heterocycles. The van der Waals surface area contributed by atoms with Crippen molar-refractivity contribution >= 4 is 23.0 Å². The highest BCUT2D eigenvalue weighted by molar-refractivity contribution is 5.95. The molecule has 4 heteroatoms. The van der Waals surface area contributed by atoms with Crippen molar-refractivity contribution in [2.45, 2.75) is 112 Å². The van der Waals surface area contributed by atoms with E-state index in [-0.39, 0.29) is 16.6 Å². The normalized spacial score (nSPS) is 12.7. The quantitative estimate of drug-likeness (QED) is 0.160. The molecule has 274 valence electrons. The zero-order valence-corrected chi connectivity index (χ0v) is 33.7. The minimum Gasteiger partial charge on any atom is -0.507 e. The van der Waals surface area contributed by atoms with Gasteiger partial charge in [0.15, 0.2) is 5.58 Å². The summed E-state index contributed by atoms with van der Waals surface area (Å²) < 4.78 is 6.61. The number of fused-ring (bicyclic) bond motifs is 1. The largest absolute Gasteiger partial charge is 0.507 e. The van der Waals surface area contributed by atoms with E-state index >= 15 is 0 Å². The first kappa shape index (κ1) is 37.8. The molecule has 0 aliphatic rings. The SMILES string of the molecule is CC(C)c1cc(C(C)C)c(-c2ccc(-c3cc(C(C)(C)C)cc4oc(-c5ccccc5N=Cc5cc(C(C)(C)C)ccc5O)nc34)cc2)c(C(C)C)c1. The number of aliphatic imine (C=N–C) groups is 1. The zero-order chi connectivity index (χ0) is 38.4. The van der Waals surface area contributed by atoms with Crippen LogP contribution in [0.25, 0.3) is 44.8 Å². The predicted octanol–water partition coefficient (Wildman–Crippen LogP) is 14.3. The van der Waals surface area contributed by atoms with Crippen molar-refractivity contribution < 1.29 is 9.52 Å². The molecule has 0 aliphatic carbocycles. The third-order valence-electron chi connectivity index (χ3n) is 10.3. The first-order valence-corrected chi connectivity index (χ1v) is 19.1. The molecule has 1 aromatic heterocycles. The molecular weight excluding hydrogens is 649 g/mol. The Morgan fingerprint density at radius 1 is 0.642 bits per heavy atom. The van der Waals surface area contributed by atoms with Crippen molar-refractivity contribution in [2.24, 2.45) is 4.99 Å². The Labute approximate surface area is 317 Å². The summed E-state index contributed by atoms with van der Waals surface area (Å²) in [5.74, 6) is 2.00. The highest BCUT2D eigenvalue weighted by atomic mass is 16.3. The van der Waals surface area contributed by atoms with Crippen molar-refractivity contribution in [1.82, 2.24) is 4.98 Å². The van der Waals surface area contributed by atoms with Crippen molar-refractivity contribution in [3.63, 3.8) is 0 Å². The number of aromatic nitrogens is 1. The Balaban J connectivity index is 1.46. The van der Waals surface area contributed by atoms with Gasteiger partial charge in [-0.15, -0.1) is 0 Å². The van der Waals surface area contributed by atoms with Gasteiger partial charge in [0, 0.05) is 17.3 Å². The molecule has 0 bridgehead atoms. The summed E-state index contributed by atoms with van der Waals surface area (Å²) in [6.07, 6.45) is 1.72. The molecule has 6 aromatic rings.